The summed E-state index contributed by atoms with van der Waals surface area (Å²) < 4.78 is 24.3. The number of rotatable bonds is 2. The molecule has 1 aliphatic heterocycles. The molecule has 0 saturated carbocycles. The topological polar surface area (TPSA) is 68.5 Å². The van der Waals surface area contributed by atoms with Gasteiger partial charge in [-0.2, -0.15) is 4.98 Å². The Morgan fingerprint density at radius 1 is 1.27 bits per heavy atom. The first kappa shape index (κ1) is 16.7. The maximum atomic E-state index is 13.8. The van der Waals surface area contributed by atoms with Crippen molar-refractivity contribution in [3.05, 3.63) is 11.7 Å². The lowest BCUT2D eigenvalue weighted by Crippen LogP contribution is -2.41. The molecule has 0 radical (unpaired) electrons. The molecule has 0 N–H and O–H groups in total. The van der Waals surface area contributed by atoms with Crippen molar-refractivity contribution < 1.29 is 18.4 Å². The van der Waals surface area contributed by atoms with Crippen LogP contribution in [-0.2, 0) is 10.4 Å². The van der Waals surface area contributed by atoms with Gasteiger partial charge in [0.05, 0.1) is 0 Å². The summed E-state index contributed by atoms with van der Waals surface area (Å²) in [6, 6.07) is 0. The fourth-order valence-corrected chi connectivity index (χ4v) is 2.28. The molecule has 1 aliphatic rings. The van der Waals surface area contributed by atoms with Gasteiger partial charge < -0.3 is 14.2 Å². The molecule has 0 bridgehead atoms. The number of halogens is 1. The van der Waals surface area contributed by atoms with Crippen molar-refractivity contribution in [2.45, 2.75) is 64.6 Å². The lowest BCUT2D eigenvalue weighted by molar-refractivity contribution is 0.0198. The molecule has 1 aromatic rings. The van der Waals surface area contributed by atoms with Crippen LogP contribution in [0.3, 0.4) is 0 Å². The Labute approximate surface area is 130 Å². The van der Waals surface area contributed by atoms with Crippen LogP contribution in [-0.4, -0.2) is 39.8 Å². The zero-order chi connectivity index (χ0) is 16.5. The Morgan fingerprint density at radius 3 is 2.32 bits per heavy atom. The highest BCUT2D eigenvalue weighted by molar-refractivity contribution is 5.68. The Morgan fingerprint density at radius 2 is 1.86 bits per heavy atom. The van der Waals surface area contributed by atoms with E-state index in [9.17, 15) is 9.18 Å². The normalized spacial score (nSPS) is 17.6. The van der Waals surface area contributed by atoms with Gasteiger partial charge >= 0.3 is 6.09 Å². The number of alkyl halides is 1. The maximum Gasteiger partial charge on any atom is 0.410 e. The molecule has 1 saturated heterocycles. The summed E-state index contributed by atoms with van der Waals surface area (Å²) in [6.45, 7) is 9.45. The van der Waals surface area contributed by atoms with Crippen LogP contribution in [0.5, 0.6) is 0 Å². The third-order valence-electron chi connectivity index (χ3n) is 3.47. The van der Waals surface area contributed by atoms with Crippen LogP contribution < -0.4 is 0 Å². The minimum atomic E-state index is -1.61. The first-order valence-corrected chi connectivity index (χ1v) is 7.57. The van der Waals surface area contributed by atoms with E-state index in [1.165, 1.54) is 13.8 Å². The highest BCUT2D eigenvalue weighted by Gasteiger charge is 2.32. The van der Waals surface area contributed by atoms with Gasteiger partial charge in [0.25, 0.3) is 0 Å². The Kier molecular flexibility index (Phi) is 4.44. The van der Waals surface area contributed by atoms with E-state index in [0.29, 0.717) is 31.8 Å². The molecule has 0 aliphatic carbocycles. The number of ether oxygens (including phenoxy) is 1. The average Bonchev–Trinajstić information content (AvgIpc) is 2.86. The van der Waals surface area contributed by atoms with E-state index in [0.717, 1.165) is 0 Å². The quantitative estimate of drug-likeness (QED) is 0.837. The number of carbonyl (C=O) groups excluding carboxylic acids is 1. The number of nitrogens with zero attached hydrogens (tertiary/aromatic N) is 3. The van der Waals surface area contributed by atoms with Crippen molar-refractivity contribution in [1.82, 2.24) is 15.0 Å². The number of carbonyl (C=O) groups is 1. The largest absolute Gasteiger partial charge is 0.444 e. The van der Waals surface area contributed by atoms with Gasteiger partial charge in [0, 0.05) is 19.0 Å². The lowest BCUT2D eigenvalue weighted by atomic mass is 9.97. The second-order valence-corrected chi connectivity index (χ2v) is 7.17. The van der Waals surface area contributed by atoms with E-state index < -0.39 is 11.3 Å². The fourth-order valence-electron chi connectivity index (χ4n) is 2.28. The molecule has 1 fully saturated rings. The number of hydrogen-bond acceptors (Lipinski definition) is 5. The molecule has 1 amide bonds. The molecule has 0 unspecified atom stereocenters. The molecule has 124 valence electrons. The zero-order valence-corrected chi connectivity index (χ0v) is 13.9. The van der Waals surface area contributed by atoms with Crippen LogP contribution in [0.25, 0.3) is 0 Å². The molecular weight excluding hydrogens is 289 g/mol. The summed E-state index contributed by atoms with van der Waals surface area (Å²) in [7, 11) is 0. The van der Waals surface area contributed by atoms with Crippen LogP contribution >= 0.6 is 0 Å². The molecule has 0 aromatic carbocycles. The smallest absolute Gasteiger partial charge is 0.410 e. The van der Waals surface area contributed by atoms with E-state index in [1.54, 1.807) is 4.90 Å². The van der Waals surface area contributed by atoms with Crippen molar-refractivity contribution in [3.8, 4) is 0 Å². The minimum Gasteiger partial charge on any atom is -0.444 e. The lowest BCUT2D eigenvalue weighted by Gasteiger charge is -2.32. The van der Waals surface area contributed by atoms with Gasteiger partial charge in [0.15, 0.2) is 5.67 Å². The number of amides is 1. The average molecular weight is 313 g/mol. The monoisotopic (exact) mass is 313 g/mol. The summed E-state index contributed by atoms with van der Waals surface area (Å²) in [5.41, 5.74) is -2.11. The third-order valence-corrected chi connectivity index (χ3v) is 3.47. The molecule has 0 atom stereocenters. The number of aromatic nitrogens is 2. The third kappa shape index (κ3) is 4.18. The van der Waals surface area contributed by atoms with Gasteiger partial charge in [-0.05, 0) is 47.5 Å². The first-order chi connectivity index (χ1) is 10.1. The highest BCUT2D eigenvalue weighted by Crippen LogP contribution is 2.30. The highest BCUT2D eigenvalue weighted by atomic mass is 19.1. The van der Waals surface area contributed by atoms with E-state index in [4.69, 9.17) is 9.26 Å². The first-order valence-electron chi connectivity index (χ1n) is 7.57. The second-order valence-electron chi connectivity index (χ2n) is 7.17. The summed E-state index contributed by atoms with van der Waals surface area (Å²) in [5, 5.41) is 3.70. The van der Waals surface area contributed by atoms with E-state index in [1.807, 2.05) is 20.8 Å². The van der Waals surface area contributed by atoms with E-state index in [-0.39, 0.29) is 17.8 Å². The van der Waals surface area contributed by atoms with E-state index >= 15 is 0 Å². The molecule has 1 aromatic heterocycles. The second kappa shape index (κ2) is 5.85. The number of piperidine rings is 1. The number of hydrogen-bond donors (Lipinski definition) is 0. The molecule has 2 rings (SSSR count). The number of likely N-dealkylation sites (tertiary alicyclic amines) is 1. The van der Waals surface area contributed by atoms with Crippen LogP contribution in [0, 0.1) is 0 Å². The van der Waals surface area contributed by atoms with Gasteiger partial charge in [-0.1, -0.05) is 5.16 Å². The zero-order valence-electron chi connectivity index (χ0n) is 13.9. The van der Waals surface area contributed by atoms with Crippen LogP contribution in [0.2, 0.25) is 0 Å². The standard InChI is InChI=1S/C15H24FN3O3/c1-14(2,3)21-13(20)19-8-6-10(7-9-19)11-17-12(18-22-11)15(4,5)16/h10H,6-9H2,1-5H3. The Balaban J connectivity index is 1.92. The summed E-state index contributed by atoms with van der Waals surface area (Å²) >= 11 is 0. The van der Waals surface area contributed by atoms with Gasteiger partial charge in [-0.3, -0.25) is 0 Å². The molecule has 6 nitrogen and oxygen atoms in total. The summed E-state index contributed by atoms with van der Waals surface area (Å²) in [4.78, 5) is 17.8. The molecule has 22 heavy (non-hydrogen) atoms. The van der Waals surface area contributed by atoms with Crippen molar-refractivity contribution >= 4 is 6.09 Å². The van der Waals surface area contributed by atoms with Crippen LogP contribution in [0.15, 0.2) is 4.52 Å². The minimum absolute atomic E-state index is 0.0577. The Hall–Kier alpha value is -1.66. The van der Waals surface area contributed by atoms with E-state index in [2.05, 4.69) is 10.1 Å². The van der Waals surface area contributed by atoms with Crippen molar-refractivity contribution in [1.29, 1.82) is 0 Å². The van der Waals surface area contributed by atoms with Gasteiger partial charge in [0.2, 0.25) is 11.7 Å². The van der Waals surface area contributed by atoms with Crippen LogP contribution in [0.1, 0.15) is 65.1 Å². The summed E-state index contributed by atoms with van der Waals surface area (Å²) in [5.74, 6) is 0.573. The summed E-state index contributed by atoms with van der Waals surface area (Å²) in [6.07, 6.45) is 1.10. The van der Waals surface area contributed by atoms with Gasteiger partial charge in [-0.15, -0.1) is 0 Å². The SMILES string of the molecule is CC(C)(C)OC(=O)N1CCC(c2nc(C(C)(C)F)no2)CC1. The predicted octanol–water partition coefficient (Wildman–Crippen LogP) is 3.39. The molecule has 0 spiro atoms. The van der Waals surface area contributed by atoms with Crippen molar-refractivity contribution in [2.75, 3.05) is 13.1 Å². The van der Waals surface area contributed by atoms with Crippen LogP contribution in [0.4, 0.5) is 9.18 Å². The predicted molar refractivity (Wildman–Crippen MR) is 78.2 cm³/mol. The molecule has 2 heterocycles. The maximum absolute atomic E-state index is 13.8. The molecule has 7 heteroatoms. The Bertz CT molecular complexity index is 523. The molecular formula is C15H24FN3O3. The van der Waals surface area contributed by atoms with Crippen molar-refractivity contribution in [2.24, 2.45) is 0 Å². The fraction of sp³-hybridized carbons (Fsp3) is 0.800. The van der Waals surface area contributed by atoms with Gasteiger partial charge in [-0.25, -0.2) is 9.18 Å². The van der Waals surface area contributed by atoms with Crippen molar-refractivity contribution in [3.63, 3.8) is 0 Å². The van der Waals surface area contributed by atoms with Gasteiger partial charge in [0.1, 0.15) is 5.60 Å².